The van der Waals surface area contributed by atoms with E-state index < -0.39 is 12.0 Å². The van der Waals surface area contributed by atoms with Crippen molar-refractivity contribution in [2.75, 3.05) is 11.1 Å². The Morgan fingerprint density at radius 3 is 2.86 bits per heavy atom. The van der Waals surface area contributed by atoms with Gasteiger partial charge in [0.05, 0.1) is 15.5 Å². The molecule has 3 nitrogen and oxygen atoms in total. The van der Waals surface area contributed by atoms with E-state index >= 15 is 0 Å². The zero-order chi connectivity index (χ0) is 15.1. The minimum atomic E-state index is -0.881. The number of rotatable bonds is 4. The summed E-state index contributed by atoms with van der Waals surface area (Å²) in [5.41, 5.74) is 0.177. The van der Waals surface area contributed by atoms with Gasteiger partial charge >= 0.3 is 0 Å². The van der Waals surface area contributed by atoms with E-state index in [0.717, 1.165) is 5.75 Å². The van der Waals surface area contributed by atoms with Crippen LogP contribution in [0, 0.1) is 5.82 Å². The van der Waals surface area contributed by atoms with E-state index in [1.807, 2.05) is 6.92 Å². The van der Waals surface area contributed by atoms with Gasteiger partial charge in [0.15, 0.2) is 11.0 Å². The summed E-state index contributed by atoms with van der Waals surface area (Å²) in [6.45, 7) is 1.96. The predicted octanol–water partition coefficient (Wildman–Crippen LogP) is 4.82. The number of aromatic nitrogens is 2. The van der Waals surface area contributed by atoms with Gasteiger partial charge in [0.25, 0.3) is 0 Å². The molecule has 21 heavy (non-hydrogen) atoms. The highest BCUT2D eigenvalue weighted by Gasteiger charge is 2.38. The highest BCUT2D eigenvalue weighted by atomic mass is 79.9. The number of benzene rings is 1. The Kier molecular flexibility index (Phi) is 4.25. The number of hydrogen-bond donors (Lipinski definition) is 1. The zero-order valence-electron chi connectivity index (χ0n) is 11.0. The smallest absolute Gasteiger partial charge is 0.190 e. The molecule has 1 saturated carbocycles. The molecule has 2 aromatic rings. The maximum absolute atomic E-state index is 14.4. The Bertz CT molecular complexity index is 716. The predicted molar refractivity (Wildman–Crippen MR) is 85.5 cm³/mol. The molecule has 1 aliphatic rings. The molecule has 0 bridgehead atoms. The summed E-state index contributed by atoms with van der Waals surface area (Å²) in [7, 11) is 0. The fourth-order valence-electron chi connectivity index (χ4n) is 1.94. The lowest BCUT2D eigenvalue weighted by atomic mass is 10.2. The van der Waals surface area contributed by atoms with Crippen LogP contribution in [0.15, 0.2) is 15.7 Å². The summed E-state index contributed by atoms with van der Waals surface area (Å²) in [5.74, 6) is 0.652. The lowest BCUT2D eigenvalue weighted by Gasteiger charge is -2.11. The van der Waals surface area contributed by atoms with Gasteiger partial charge in [0.1, 0.15) is 17.5 Å². The van der Waals surface area contributed by atoms with Crippen LogP contribution in [-0.4, -0.2) is 27.9 Å². The third kappa shape index (κ3) is 2.96. The number of thioether (sulfide) groups is 1. The summed E-state index contributed by atoms with van der Waals surface area (Å²) in [4.78, 5) is 8.58. The monoisotopic (exact) mass is 393 g/mol. The molecule has 0 unspecified atom stereocenters. The lowest BCUT2D eigenvalue weighted by Crippen LogP contribution is -2.09. The minimum Gasteiger partial charge on any atom is -0.364 e. The first-order chi connectivity index (χ1) is 10.0. The molecule has 1 aromatic carbocycles. The van der Waals surface area contributed by atoms with E-state index in [9.17, 15) is 8.78 Å². The zero-order valence-corrected chi connectivity index (χ0v) is 14.1. The molecule has 0 saturated heterocycles. The van der Waals surface area contributed by atoms with Crippen molar-refractivity contribution in [1.82, 2.24) is 9.97 Å². The SMILES string of the molecule is CCSc1nc(N[C@H]2C[C@@H]2F)c2cc(Cl)c(Br)c(F)c2n1. The van der Waals surface area contributed by atoms with Gasteiger partial charge in [0.2, 0.25) is 0 Å². The molecule has 0 spiro atoms. The second-order valence-electron chi connectivity index (χ2n) is 4.67. The molecule has 0 aliphatic heterocycles. The first-order valence-corrected chi connectivity index (χ1v) is 8.55. The van der Waals surface area contributed by atoms with Gasteiger partial charge in [-0.1, -0.05) is 30.3 Å². The molecule has 1 aliphatic carbocycles. The molecule has 112 valence electrons. The number of hydrogen-bond acceptors (Lipinski definition) is 4. The van der Waals surface area contributed by atoms with Crippen LogP contribution in [0.25, 0.3) is 10.9 Å². The molecular weight excluding hydrogens is 384 g/mol. The van der Waals surface area contributed by atoms with E-state index in [-0.39, 0.29) is 21.1 Å². The van der Waals surface area contributed by atoms with Crippen molar-refractivity contribution in [1.29, 1.82) is 0 Å². The number of alkyl halides is 1. The van der Waals surface area contributed by atoms with Crippen LogP contribution in [0.5, 0.6) is 0 Å². The van der Waals surface area contributed by atoms with Crippen molar-refractivity contribution < 1.29 is 8.78 Å². The average Bonchev–Trinajstić information content (AvgIpc) is 3.13. The number of nitrogens with one attached hydrogen (secondary N) is 1. The van der Waals surface area contributed by atoms with Crippen LogP contribution < -0.4 is 5.32 Å². The quantitative estimate of drug-likeness (QED) is 0.458. The molecule has 1 aromatic heterocycles. The minimum absolute atomic E-state index is 0.170. The second kappa shape index (κ2) is 5.85. The molecule has 0 amide bonds. The van der Waals surface area contributed by atoms with Crippen molar-refractivity contribution in [3.8, 4) is 0 Å². The molecule has 2 atom stereocenters. The Morgan fingerprint density at radius 1 is 1.52 bits per heavy atom. The number of nitrogens with zero attached hydrogens (tertiary/aromatic N) is 2. The summed E-state index contributed by atoms with van der Waals surface area (Å²) in [5, 5.41) is 4.15. The van der Waals surface area contributed by atoms with Gasteiger partial charge in [-0.3, -0.25) is 0 Å². The van der Waals surface area contributed by atoms with E-state index in [1.165, 1.54) is 11.8 Å². The van der Waals surface area contributed by atoms with Gasteiger partial charge < -0.3 is 5.32 Å². The topological polar surface area (TPSA) is 37.8 Å². The summed E-state index contributed by atoms with van der Waals surface area (Å²) < 4.78 is 27.6. The molecule has 3 rings (SSSR count). The lowest BCUT2D eigenvalue weighted by molar-refractivity contribution is 0.472. The summed E-state index contributed by atoms with van der Waals surface area (Å²) >= 11 is 10.5. The molecule has 8 heteroatoms. The van der Waals surface area contributed by atoms with Crippen molar-refractivity contribution in [3.63, 3.8) is 0 Å². The standard InChI is InChI=1S/C13H11BrClF2N3S/c1-2-21-13-19-11-5(3-6(15)9(14)10(11)17)12(20-13)18-8-4-7(8)16/h3,7-8H,2,4H2,1H3,(H,18,19,20)/t7-,8-/m0/s1. The van der Waals surface area contributed by atoms with E-state index in [0.29, 0.717) is 22.8 Å². The van der Waals surface area contributed by atoms with Crippen LogP contribution in [0.4, 0.5) is 14.6 Å². The third-order valence-corrected chi connectivity index (χ3v) is 5.15. The van der Waals surface area contributed by atoms with Crippen LogP contribution >= 0.6 is 39.3 Å². The highest BCUT2D eigenvalue weighted by molar-refractivity contribution is 9.10. The van der Waals surface area contributed by atoms with E-state index in [2.05, 4.69) is 31.2 Å². The largest absolute Gasteiger partial charge is 0.364 e. The highest BCUT2D eigenvalue weighted by Crippen LogP contribution is 2.37. The van der Waals surface area contributed by atoms with E-state index in [1.54, 1.807) is 6.07 Å². The van der Waals surface area contributed by atoms with Crippen LogP contribution in [0.2, 0.25) is 5.02 Å². The Hall–Kier alpha value is -0.660. The van der Waals surface area contributed by atoms with Gasteiger partial charge in [-0.25, -0.2) is 18.7 Å². The van der Waals surface area contributed by atoms with Crippen LogP contribution in [0.3, 0.4) is 0 Å². The Labute approximate surface area is 138 Å². The normalized spacial score (nSPS) is 20.8. The number of halogens is 4. The molecule has 0 radical (unpaired) electrons. The van der Waals surface area contributed by atoms with Crippen molar-refractivity contribution in [3.05, 3.63) is 21.4 Å². The number of fused-ring (bicyclic) bond motifs is 1. The van der Waals surface area contributed by atoms with Crippen molar-refractivity contribution >= 4 is 56.0 Å². The Balaban J connectivity index is 2.17. The fraction of sp³-hybridized carbons (Fsp3) is 0.385. The van der Waals surface area contributed by atoms with Gasteiger partial charge in [-0.15, -0.1) is 0 Å². The van der Waals surface area contributed by atoms with E-state index in [4.69, 9.17) is 11.6 Å². The first-order valence-electron chi connectivity index (χ1n) is 6.40. The maximum Gasteiger partial charge on any atom is 0.190 e. The molecule has 1 N–H and O–H groups in total. The van der Waals surface area contributed by atoms with Crippen LogP contribution in [-0.2, 0) is 0 Å². The van der Waals surface area contributed by atoms with Crippen molar-refractivity contribution in [2.24, 2.45) is 0 Å². The second-order valence-corrected chi connectivity index (χ2v) is 7.10. The summed E-state index contributed by atoms with van der Waals surface area (Å²) in [6.07, 6.45) is -0.442. The molecular formula is C13H11BrClF2N3S. The average molecular weight is 395 g/mol. The fourth-order valence-corrected chi connectivity index (χ4v) is 3.01. The van der Waals surface area contributed by atoms with Crippen molar-refractivity contribution in [2.45, 2.75) is 30.7 Å². The molecule has 1 fully saturated rings. The molecule has 1 heterocycles. The third-order valence-electron chi connectivity index (χ3n) is 3.11. The van der Waals surface area contributed by atoms with Gasteiger partial charge in [-0.05, 0) is 27.7 Å². The summed E-state index contributed by atoms with van der Waals surface area (Å²) in [6, 6.07) is 1.32. The van der Waals surface area contributed by atoms with Gasteiger partial charge in [0, 0.05) is 11.8 Å². The first kappa shape index (κ1) is 15.2. The Morgan fingerprint density at radius 2 is 2.24 bits per heavy atom. The maximum atomic E-state index is 14.4. The van der Waals surface area contributed by atoms with Gasteiger partial charge in [-0.2, -0.15) is 0 Å². The number of anilines is 1. The van der Waals surface area contributed by atoms with Crippen LogP contribution in [0.1, 0.15) is 13.3 Å².